The van der Waals surface area contributed by atoms with Gasteiger partial charge in [-0.25, -0.2) is 9.97 Å². The molecule has 0 atom stereocenters. The number of nitro groups is 1. The topological polar surface area (TPSA) is 102 Å². The van der Waals surface area contributed by atoms with Crippen molar-refractivity contribution in [2.45, 2.75) is 26.8 Å². The molecular weight excluding hydrogens is 506 g/mol. The average Bonchev–Trinajstić information content (AvgIpc) is 3.31. The van der Waals surface area contributed by atoms with E-state index in [1.807, 2.05) is 30.9 Å². The van der Waals surface area contributed by atoms with E-state index in [1.54, 1.807) is 12.3 Å². The van der Waals surface area contributed by atoms with Gasteiger partial charge in [0.1, 0.15) is 11.4 Å². The van der Waals surface area contributed by atoms with Crippen molar-refractivity contribution in [2.75, 3.05) is 51.6 Å². The van der Waals surface area contributed by atoms with Crippen molar-refractivity contribution in [3.8, 4) is 29.4 Å². The predicted octanol–water partition coefficient (Wildman–Crippen LogP) is 5.32. The third kappa shape index (κ3) is 5.28. The van der Waals surface area contributed by atoms with E-state index in [-0.39, 0.29) is 19.1 Å². The number of ether oxygens (including phenoxy) is 1. The molecule has 2 aromatic carbocycles. The number of nitrogens with zero attached hydrogens (tertiary/aromatic N) is 6. The van der Waals surface area contributed by atoms with Crippen LogP contribution in [-0.4, -0.2) is 65.7 Å². The van der Waals surface area contributed by atoms with Crippen molar-refractivity contribution in [3.63, 3.8) is 0 Å². The second-order valence-corrected chi connectivity index (χ2v) is 9.90. The zero-order chi connectivity index (χ0) is 27.7. The van der Waals surface area contributed by atoms with Gasteiger partial charge >= 0.3 is 0 Å². The van der Waals surface area contributed by atoms with Crippen molar-refractivity contribution in [1.29, 1.82) is 0 Å². The summed E-state index contributed by atoms with van der Waals surface area (Å²) >= 11 is 0. The quantitative estimate of drug-likeness (QED) is 0.173. The molecule has 0 spiro atoms. The highest BCUT2D eigenvalue weighted by Crippen LogP contribution is 2.40. The van der Waals surface area contributed by atoms with Crippen molar-refractivity contribution >= 4 is 33.9 Å². The summed E-state index contributed by atoms with van der Waals surface area (Å²) in [6.07, 6.45) is 11.7. The number of hydrogen-bond acceptors (Lipinski definition) is 8. The standard InChI is InChI=1S/C29H31N7O3.CH4/c1-6-19-17-30-29(32-27(19)22-18-35-12-8-10-20-9-7-11-21(22)28(20)35)31-23-15-25(36(37)38)24(16-26(23)39-5)34(4)14-13-33(2)3;/h1,7,9,11,15-18H,8,10,12-14H2,2-5H3,(H,30,31,32);1H4. The Hall–Kier alpha value is -4.62. The molecule has 3 heterocycles. The van der Waals surface area contributed by atoms with Crippen LogP contribution in [0.4, 0.5) is 23.0 Å². The van der Waals surface area contributed by atoms with Gasteiger partial charge in [-0.05, 0) is 32.5 Å². The minimum absolute atomic E-state index is 0. The molecule has 5 rings (SSSR count). The van der Waals surface area contributed by atoms with Crippen LogP contribution < -0.4 is 15.0 Å². The molecule has 40 heavy (non-hydrogen) atoms. The Labute approximate surface area is 234 Å². The number of aryl methyl sites for hydroxylation is 2. The molecule has 0 radical (unpaired) electrons. The van der Waals surface area contributed by atoms with Gasteiger partial charge in [-0.2, -0.15) is 0 Å². The average molecular weight is 542 g/mol. The van der Waals surface area contributed by atoms with Gasteiger partial charge in [0, 0.05) is 62.2 Å². The van der Waals surface area contributed by atoms with Gasteiger partial charge in [-0.1, -0.05) is 31.5 Å². The SMILES string of the molecule is C.C#Cc1cnc(Nc2cc([N+](=O)[O-])c(N(C)CCN(C)C)cc2OC)nc1-c1cn2c3c(cccc13)CCC2. The highest BCUT2D eigenvalue weighted by Gasteiger charge is 2.24. The second-order valence-electron chi connectivity index (χ2n) is 9.90. The highest BCUT2D eigenvalue weighted by atomic mass is 16.6. The molecule has 1 N–H and O–H groups in total. The Balaban J connectivity index is 0.00000370. The number of nitro benzene ring substituents is 1. The van der Waals surface area contributed by atoms with Crippen LogP contribution in [0.2, 0.25) is 0 Å². The Morgan fingerprint density at radius 1 is 1.25 bits per heavy atom. The van der Waals surface area contributed by atoms with E-state index in [1.165, 1.54) is 24.3 Å². The Kier molecular flexibility index (Phi) is 8.26. The maximum Gasteiger partial charge on any atom is 0.294 e. The Morgan fingerprint density at radius 3 is 2.75 bits per heavy atom. The molecule has 0 bridgehead atoms. The summed E-state index contributed by atoms with van der Waals surface area (Å²) in [5, 5.41) is 16.2. The highest BCUT2D eigenvalue weighted by molar-refractivity contribution is 5.98. The summed E-state index contributed by atoms with van der Waals surface area (Å²) in [7, 11) is 7.27. The van der Waals surface area contributed by atoms with Crippen LogP contribution in [-0.2, 0) is 13.0 Å². The molecule has 208 valence electrons. The van der Waals surface area contributed by atoms with E-state index in [9.17, 15) is 10.1 Å². The molecule has 1 aliphatic heterocycles. The summed E-state index contributed by atoms with van der Waals surface area (Å²) in [5.74, 6) is 3.41. The van der Waals surface area contributed by atoms with Crippen molar-refractivity contribution in [1.82, 2.24) is 19.4 Å². The number of benzene rings is 2. The van der Waals surface area contributed by atoms with E-state index in [4.69, 9.17) is 16.1 Å². The lowest BCUT2D eigenvalue weighted by Crippen LogP contribution is -2.28. The monoisotopic (exact) mass is 541 g/mol. The van der Waals surface area contributed by atoms with Gasteiger partial charge in [-0.15, -0.1) is 6.42 Å². The molecule has 4 aromatic rings. The summed E-state index contributed by atoms with van der Waals surface area (Å²) < 4.78 is 7.87. The summed E-state index contributed by atoms with van der Waals surface area (Å²) in [6.45, 7) is 2.29. The van der Waals surface area contributed by atoms with Crippen LogP contribution in [0.1, 0.15) is 25.0 Å². The lowest BCUT2D eigenvalue weighted by molar-refractivity contribution is -0.384. The van der Waals surface area contributed by atoms with Crippen LogP contribution in [0.5, 0.6) is 5.75 Å². The largest absolute Gasteiger partial charge is 0.494 e. The molecule has 0 fully saturated rings. The van der Waals surface area contributed by atoms with Gasteiger partial charge < -0.3 is 24.4 Å². The van der Waals surface area contributed by atoms with Crippen LogP contribution >= 0.6 is 0 Å². The summed E-state index contributed by atoms with van der Waals surface area (Å²) in [5.41, 5.74) is 5.45. The molecule has 0 saturated heterocycles. The zero-order valence-electron chi connectivity index (χ0n) is 22.6. The zero-order valence-corrected chi connectivity index (χ0v) is 22.6. The third-order valence-corrected chi connectivity index (χ3v) is 7.06. The number of hydrogen-bond donors (Lipinski definition) is 1. The molecule has 0 aliphatic carbocycles. The van der Waals surface area contributed by atoms with Crippen LogP contribution in [0, 0.1) is 22.5 Å². The van der Waals surface area contributed by atoms with Crippen molar-refractivity contribution < 1.29 is 9.66 Å². The summed E-state index contributed by atoms with van der Waals surface area (Å²) in [6, 6.07) is 9.44. The number of anilines is 3. The van der Waals surface area contributed by atoms with Crippen molar-refractivity contribution in [3.05, 3.63) is 64.0 Å². The molecule has 1 aliphatic rings. The van der Waals surface area contributed by atoms with Crippen LogP contribution in [0.25, 0.3) is 22.2 Å². The normalized spacial score (nSPS) is 12.1. The fourth-order valence-corrected chi connectivity index (χ4v) is 5.06. The van der Waals surface area contributed by atoms with E-state index < -0.39 is 4.92 Å². The minimum atomic E-state index is -0.395. The van der Waals surface area contributed by atoms with Gasteiger partial charge in [0.25, 0.3) is 5.69 Å². The Morgan fingerprint density at radius 2 is 2.05 bits per heavy atom. The number of terminal acetylenes is 1. The molecular formula is C30H35N7O3. The van der Waals surface area contributed by atoms with E-state index in [0.717, 1.165) is 36.9 Å². The lowest BCUT2D eigenvalue weighted by Gasteiger charge is -2.22. The van der Waals surface area contributed by atoms with E-state index in [2.05, 4.69) is 45.2 Å². The van der Waals surface area contributed by atoms with E-state index in [0.29, 0.717) is 34.9 Å². The summed E-state index contributed by atoms with van der Waals surface area (Å²) in [4.78, 5) is 24.7. The first-order chi connectivity index (χ1) is 18.8. The van der Waals surface area contributed by atoms with Crippen molar-refractivity contribution in [2.24, 2.45) is 0 Å². The molecule has 0 saturated carbocycles. The second kappa shape index (κ2) is 11.6. The van der Waals surface area contributed by atoms with Crippen LogP contribution in [0.3, 0.4) is 0 Å². The van der Waals surface area contributed by atoms with Gasteiger partial charge in [0.15, 0.2) is 0 Å². The number of likely N-dealkylation sites (N-methyl/N-ethyl adjacent to an activating group) is 2. The van der Waals surface area contributed by atoms with Gasteiger partial charge in [0.05, 0.1) is 34.5 Å². The first-order valence-electron chi connectivity index (χ1n) is 12.7. The fraction of sp³-hybridized carbons (Fsp3) is 0.333. The Bertz CT molecular complexity index is 1600. The molecule has 0 unspecified atom stereocenters. The molecule has 0 amide bonds. The molecule has 2 aromatic heterocycles. The van der Waals surface area contributed by atoms with Crippen LogP contribution in [0.15, 0.2) is 42.7 Å². The number of para-hydroxylation sites is 1. The number of methoxy groups -OCH3 is 1. The minimum Gasteiger partial charge on any atom is -0.494 e. The first kappa shape index (κ1) is 28.4. The fourth-order valence-electron chi connectivity index (χ4n) is 5.06. The first-order valence-corrected chi connectivity index (χ1v) is 12.7. The lowest BCUT2D eigenvalue weighted by atomic mass is 10.0. The molecule has 10 heteroatoms. The van der Waals surface area contributed by atoms with Gasteiger partial charge in [0.2, 0.25) is 5.95 Å². The molecule has 10 nitrogen and oxygen atoms in total. The van der Waals surface area contributed by atoms with Gasteiger partial charge in [-0.3, -0.25) is 10.1 Å². The number of nitrogens with one attached hydrogen (secondary N) is 1. The number of rotatable bonds is 9. The number of aromatic nitrogens is 3. The smallest absolute Gasteiger partial charge is 0.294 e. The predicted molar refractivity (Wildman–Crippen MR) is 161 cm³/mol. The third-order valence-electron chi connectivity index (χ3n) is 7.06. The van der Waals surface area contributed by atoms with E-state index >= 15 is 0 Å². The maximum absolute atomic E-state index is 12.0. The maximum atomic E-state index is 12.0.